The van der Waals surface area contributed by atoms with Crippen molar-refractivity contribution in [3.63, 3.8) is 0 Å². The van der Waals surface area contributed by atoms with Crippen molar-refractivity contribution < 1.29 is 0 Å². The van der Waals surface area contributed by atoms with Crippen molar-refractivity contribution in [1.29, 1.82) is 0 Å². The molecule has 0 unspecified atom stereocenters. The van der Waals surface area contributed by atoms with Gasteiger partial charge in [-0.3, -0.25) is 0 Å². The highest BCUT2D eigenvalue weighted by atomic mass is 35.5. The fraction of sp³-hybridized carbons (Fsp3) is 0.667. The number of halogens is 2. The van der Waals surface area contributed by atoms with Crippen LogP contribution in [0.1, 0.15) is 53.0 Å². The van der Waals surface area contributed by atoms with Crippen molar-refractivity contribution in [2.45, 2.75) is 58.9 Å². The minimum atomic E-state index is 0.205. The Hall–Kier alpha value is -0.240. The van der Waals surface area contributed by atoms with Crippen LogP contribution in [-0.4, -0.2) is 12.6 Å². The quantitative estimate of drug-likeness (QED) is 0.749. The fourth-order valence-electron chi connectivity index (χ4n) is 3.20. The molecule has 21 heavy (non-hydrogen) atoms. The van der Waals surface area contributed by atoms with Gasteiger partial charge in [0.1, 0.15) is 0 Å². The zero-order chi connectivity index (χ0) is 15.8. The zero-order valence-corrected chi connectivity index (χ0v) is 15.3. The van der Waals surface area contributed by atoms with Gasteiger partial charge in [-0.05, 0) is 41.9 Å². The summed E-state index contributed by atoms with van der Waals surface area (Å²) in [7, 11) is 0. The molecule has 118 valence electrons. The molecule has 0 heterocycles. The van der Waals surface area contributed by atoms with Gasteiger partial charge in [0, 0.05) is 18.0 Å². The highest BCUT2D eigenvalue weighted by Crippen LogP contribution is 2.54. The molecule has 1 aliphatic carbocycles. The van der Waals surface area contributed by atoms with Crippen LogP contribution in [0.15, 0.2) is 18.2 Å². The Balaban J connectivity index is 2.23. The lowest BCUT2D eigenvalue weighted by molar-refractivity contribution is 0.0437. The molecule has 2 rings (SSSR count). The molecule has 1 N–H and O–H groups in total. The van der Waals surface area contributed by atoms with Crippen LogP contribution in [0.2, 0.25) is 10.0 Å². The summed E-state index contributed by atoms with van der Waals surface area (Å²) in [6.45, 7) is 12.4. The molecule has 0 saturated heterocycles. The zero-order valence-electron chi connectivity index (χ0n) is 13.8. The van der Waals surface area contributed by atoms with Gasteiger partial charge in [0.25, 0.3) is 0 Å². The predicted molar refractivity (Wildman–Crippen MR) is 93.5 cm³/mol. The van der Waals surface area contributed by atoms with E-state index in [1.807, 2.05) is 6.07 Å². The molecular formula is C18H27Cl2N. The molecule has 1 saturated carbocycles. The van der Waals surface area contributed by atoms with Gasteiger partial charge in [0.2, 0.25) is 0 Å². The van der Waals surface area contributed by atoms with Crippen molar-refractivity contribution in [3.05, 3.63) is 33.8 Å². The number of hydrogen-bond donors (Lipinski definition) is 1. The Bertz CT molecular complexity index is 496. The summed E-state index contributed by atoms with van der Waals surface area (Å²) in [5, 5.41) is 4.92. The van der Waals surface area contributed by atoms with Crippen LogP contribution in [0.25, 0.3) is 0 Å². The molecule has 0 amide bonds. The van der Waals surface area contributed by atoms with E-state index in [9.17, 15) is 0 Å². The Labute approximate surface area is 139 Å². The maximum Gasteiger partial charge on any atom is 0.0595 e. The maximum atomic E-state index is 6.24. The van der Waals surface area contributed by atoms with Crippen molar-refractivity contribution in [3.8, 4) is 0 Å². The molecule has 1 fully saturated rings. The maximum absolute atomic E-state index is 6.24. The summed E-state index contributed by atoms with van der Waals surface area (Å²) in [5.41, 5.74) is 1.90. The molecule has 0 atom stereocenters. The van der Waals surface area contributed by atoms with Gasteiger partial charge in [-0.25, -0.2) is 0 Å². The summed E-state index contributed by atoms with van der Waals surface area (Å²) in [5.74, 6) is 0.765. The Morgan fingerprint density at radius 2 is 1.81 bits per heavy atom. The lowest BCUT2D eigenvalue weighted by atomic mass is 9.52. The third-order valence-corrected chi connectivity index (χ3v) is 5.62. The lowest BCUT2D eigenvalue weighted by Gasteiger charge is -2.54. The SMILES string of the molecule is CC(C)NCC1(c2ccc(Cl)c(Cl)c2)CC(C(C)(C)C)C1. The molecule has 1 aromatic carbocycles. The van der Waals surface area contributed by atoms with Gasteiger partial charge in [-0.1, -0.05) is 63.9 Å². The van der Waals surface area contributed by atoms with E-state index in [0.29, 0.717) is 21.5 Å². The Kier molecular flexibility index (Phi) is 4.97. The molecular weight excluding hydrogens is 301 g/mol. The first-order valence-corrected chi connectivity index (χ1v) is 8.58. The monoisotopic (exact) mass is 327 g/mol. The normalized spacial score (nSPS) is 26.0. The average molecular weight is 328 g/mol. The number of hydrogen-bond acceptors (Lipinski definition) is 1. The second-order valence-electron chi connectivity index (χ2n) is 7.92. The predicted octanol–water partition coefficient (Wildman–Crippen LogP) is 5.69. The molecule has 0 radical (unpaired) electrons. The van der Waals surface area contributed by atoms with E-state index < -0.39 is 0 Å². The molecule has 1 aliphatic rings. The van der Waals surface area contributed by atoms with E-state index >= 15 is 0 Å². The molecule has 0 aliphatic heterocycles. The first-order valence-electron chi connectivity index (χ1n) is 7.83. The van der Waals surface area contributed by atoms with Crippen LogP contribution in [0.5, 0.6) is 0 Å². The molecule has 0 bridgehead atoms. The summed E-state index contributed by atoms with van der Waals surface area (Å²) < 4.78 is 0. The van der Waals surface area contributed by atoms with E-state index in [1.165, 1.54) is 18.4 Å². The van der Waals surface area contributed by atoms with Crippen LogP contribution < -0.4 is 5.32 Å². The van der Waals surface area contributed by atoms with Crippen LogP contribution in [-0.2, 0) is 5.41 Å². The van der Waals surface area contributed by atoms with E-state index in [-0.39, 0.29) is 5.41 Å². The smallest absolute Gasteiger partial charge is 0.0595 e. The van der Waals surface area contributed by atoms with E-state index in [0.717, 1.165) is 12.5 Å². The molecule has 3 heteroatoms. The van der Waals surface area contributed by atoms with Crippen molar-refractivity contribution >= 4 is 23.2 Å². The van der Waals surface area contributed by atoms with Crippen molar-refractivity contribution in [1.82, 2.24) is 5.32 Å². The minimum absolute atomic E-state index is 0.205. The van der Waals surface area contributed by atoms with Crippen molar-refractivity contribution in [2.75, 3.05) is 6.54 Å². The van der Waals surface area contributed by atoms with Gasteiger partial charge < -0.3 is 5.32 Å². The number of nitrogens with one attached hydrogen (secondary N) is 1. The summed E-state index contributed by atoms with van der Waals surface area (Å²) in [4.78, 5) is 0. The third kappa shape index (κ3) is 3.75. The van der Waals surface area contributed by atoms with Crippen LogP contribution in [0.4, 0.5) is 0 Å². The second kappa shape index (κ2) is 6.10. The summed E-state index contributed by atoms with van der Waals surface area (Å²) >= 11 is 12.3. The Morgan fingerprint density at radius 3 is 2.29 bits per heavy atom. The largest absolute Gasteiger partial charge is 0.314 e. The molecule has 1 nitrogen and oxygen atoms in total. The summed E-state index contributed by atoms with van der Waals surface area (Å²) in [6, 6.07) is 6.64. The Morgan fingerprint density at radius 1 is 1.19 bits per heavy atom. The average Bonchev–Trinajstić information content (AvgIpc) is 2.30. The summed E-state index contributed by atoms with van der Waals surface area (Å²) in [6.07, 6.45) is 2.43. The van der Waals surface area contributed by atoms with Gasteiger partial charge in [-0.2, -0.15) is 0 Å². The number of benzene rings is 1. The number of rotatable bonds is 4. The van der Waals surface area contributed by atoms with Gasteiger partial charge in [0.15, 0.2) is 0 Å². The third-order valence-electron chi connectivity index (χ3n) is 4.88. The molecule has 1 aromatic rings. The van der Waals surface area contributed by atoms with Crippen LogP contribution in [0, 0.1) is 11.3 Å². The minimum Gasteiger partial charge on any atom is -0.314 e. The van der Waals surface area contributed by atoms with E-state index in [1.54, 1.807) is 0 Å². The topological polar surface area (TPSA) is 12.0 Å². The fourth-order valence-corrected chi connectivity index (χ4v) is 3.50. The van der Waals surface area contributed by atoms with Gasteiger partial charge in [0.05, 0.1) is 10.0 Å². The molecule has 0 spiro atoms. The first-order chi connectivity index (χ1) is 9.64. The van der Waals surface area contributed by atoms with Gasteiger partial charge in [-0.15, -0.1) is 0 Å². The highest BCUT2D eigenvalue weighted by Gasteiger charge is 2.49. The van der Waals surface area contributed by atoms with E-state index in [4.69, 9.17) is 23.2 Å². The van der Waals surface area contributed by atoms with Crippen molar-refractivity contribution in [2.24, 2.45) is 11.3 Å². The highest BCUT2D eigenvalue weighted by molar-refractivity contribution is 6.42. The van der Waals surface area contributed by atoms with E-state index in [2.05, 4.69) is 52.1 Å². The van der Waals surface area contributed by atoms with Crippen LogP contribution in [0.3, 0.4) is 0 Å². The first kappa shape index (κ1) is 17.1. The second-order valence-corrected chi connectivity index (χ2v) is 8.73. The van der Waals surface area contributed by atoms with Gasteiger partial charge >= 0.3 is 0 Å². The standard InChI is InChI=1S/C18H27Cl2N/c1-12(2)21-11-18(9-14(10-18)17(3,4)5)13-6-7-15(19)16(20)8-13/h6-8,12,14,21H,9-11H2,1-5H3. The lowest BCUT2D eigenvalue weighted by Crippen LogP contribution is -2.53. The molecule has 0 aromatic heterocycles. The van der Waals surface area contributed by atoms with Crippen LogP contribution >= 0.6 is 23.2 Å².